The Morgan fingerprint density at radius 2 is 2.05 bits per heavy atom. The van der Waals surface area contributed by atoms with Gasteiger partial charge in [0.2, 0.25) is 0 Å². The molecule has 1 saturated heterocycles. The minimum Gasteiger partial charge on any atom is -0.450 e. The number of hydrogen-bond donors (Lipinski definition) is 1. The van der Waals surface area contributed by atoms with Crippen molar-refractivity contribution in [3.05, 3.63) is 35.4 Å². The van der Waals surface area contributed by atoms with E-state index in [9.17, 15) is 4.79 Å². The first-order valence-electron chi connectivity index (χ1n) is 7.78. The number of ether oxygens (including phenoxy) is 1. The number of rotatable bonds is 4. The second kappa shape index (κ2) is 7.46. The SMILES string of the molecule is CCOC(=O)NC1CC(C)CN(Cc2ccc(C)cc2)C1. The van der Waals surface area contributed by atoms with Crippen LogP contribution in [0.4, 0.5) is 4.79 Å². The average molecular weight is 290 g/mol. The van der Waals surface area contributed by atoms with Crippen molar-refractivity contribution in [2.75, 3.05) is 19.7 Å². The molecular formula is C17H26N2O2. The fourth-order valence-electron chi connectivity index (χ4n) is 2.99. The quantitative estimate of drug-likeness (QED) is 0.927. The molecule has 1 fully saturated rings. The Kier molecular flexibility index (Phi) is 5.62. The minimum absolute atomic E-state index is 0.179. The summed E-state index contributed by atoms with van der Waals surface area (Å²) in [7, 11) is 0. The molecule has 1 aliphatic rings. The summed E-state index contributed by atoms with van der Waals surface area (Å²) in [5, 5.41) is 2.97. The van der Waals surface area contributed by atoms with Crippen LogP contribution < -0.4 is 5.32 Å². The molecule has 21 heavy (non-hydrogen) atoms. The second-order valence-electron chi connectivity index (χ2n) is 6.08. The van der Waals surface area contributed by atoms with E-state index >= 15 is 0 Å². The zero-order valence-electron chi connectivity index (χ0n) is 13.3. The summed E-state index contributed by atoms with van der Waals surface area (Å²) >= 11 is 0. The van der Waals surface area contributed by atoms with Crippen molar-refractivity contribution in [3.8, 4) is 0 Å². The number of carbonyl (C=O) groups excluding carboxylic acids is 1. The fourth-order valence-corrected chi connectivity index (χ4v) is 2.99. The Morgan fingerprint density at radius 1 is 1.33 bits per heavy atom. The summed E-state index contributed by atoms with van der Waals surface area (Å²) in [6.07, 6.45) is 0.718. The van der Waals surface area contributed by atoms with Gasteiger partial charge in [-0.3, -0.25) is 4.90 Å². The topological polar surface area (TPSA) is 41.6 Å². The minimum atomic E-state index is -0.299. The van der Waals surface area contributed by atoms with Crippen molar-refractivity contribution in [2.45, 2.75) is 39.8 Å². The molecule has 116 valence electrons. The number of aryl methyl sites for hydroxylation is 1. The maximum atomic E-state index is 11.6. The molecule has 0 saturated carbocycles. The predicted molar refractivity (Wildman–Crippen MR) is 84.2 cm³/mol. The van der Waals surface area contributed by atoms with Crippen molar-refractivity contribution >= 4 is 6.09 Å². The molecule has 0 radical (unpaired) electrons. The highest BCUT2D eigenvalue weighted by molar-refractivity contribution is 5.67. The molecule has 1 N–H and O–H groups in total. The molecular weight excluding hydrogens is 264 g/mol. The molecule has 4 heteroatoms. The van der Waals surface area contributed by atoms with Gasteiger partial charge in [-0.25, -0.2) is 4.79 Å². The molecule has 2 unspecified atom stereocenters. The first-order chi connectivity index (χ1) is 10.1. The number of alkyl carbamates (subject to hydrolysis) is 1. The van der Waals surface area contributed by atoms with Gasteiger partial charge in [-0.2, -0.15) is 0 Å². The van der Waals surface area contributed by atoms with Crippen LogP contribution in [0.5, 0.6) is 0 Å². The Morgan fingerprint density at radius 3 is 2.71 bits per heavy atom. The fraction of sp³-hybridized carbons (Fsp3) is 0.588. The van der Waals surface area contributed by atoms with Crippen molar-refractivity contribution in [1.29, 1.82) is 0 Å². The zero-order chi connectivity index (χ0) is 15.2. The van der Waals surface area contributed by atoms with E-state index in [0.29, 0.717) is 12.5 Å². The number of nitrogens with zero attached hydrogens (tertiary/aromatic N) is 1. The van der Waals surface area contributed by atoms with Gasteiger partial charge in [0.05, 0.1) is 6.61 Å². The highest BCUT2D eigenvalue weighted by Crippen LogP contribution is 2.19. The smallest absolute Gasteiger partial charge is 0.407 e. The standard InChI is InChI=1S/C17H26N2O2/c1-4-21-17(20)18-16-9-14(3)10-19(12-16)11-15-7-5-13(2)6-8-15/h5-8,14,16H,4,9-12H2,1-3H3,(H,18,20). The first kappa shape index (κ1) is 15.8. The van der Waals surface area contributed by atoms with Gasteiger partial charge in [-0.15, -0.1) is 0 Å². The Balaban J connectivity index is 1.90. The predicted octanol–water partition coefficient (Wildman–Crippen LogP) is 2.95. The van der Waals surface area contributed by atoms with Crippen LogP contribution in [0.1, 0.15) is 31.4 Å². The summed E-state index contributed by atoms with van der Waals surface area (Å²) in [6, 6.07) is 8.84. The van der Waals surface area contributed by atoms with Gasteiger partial charge in [-0.1, -0.05) is 36.8 Å². The Labute approximate surface area is 127 Å². The van der Waals surface area contributed by atoms with E-state index in [1.807, 2.05) is 6.92 Å². The van der Waals surface area contributed by atoms with Gasteiger partial charge in [0.25, 0.3) is 0 Å². The summed E-state index contributed by atoms with van der Waals surface area (Å²) in [5.74, 6) is 0.580. The number of nitrogens with one attached hydrogen (secondary N) is 1. The van der Waals surface area contributed by atoms with Crippen LogP contribution in [0.3, 0.4) is 0 Å². The summed E-state index contributed by atoms with van der Waals surface area (Å²) < 4.78 is 4.98. The molecule has 0 aliphatic carbocycles. The van der Waals surface area contributed by atoms with Crippen LogP contribution in [-0.4, -0.2) is 36.7 Å². The van der Waals surface area contributed by atoms with E-state index in [2.05, 4.69) is 48.3 Å². The Bertz CT molecular complexity index is 458. The number of likely N-dealkylation sites (tertiary alicyclic amines) is 1. The van der Waals surface area contributed by atoms with Crippen LogP contribution >= 0.6 is 0 Å². The van der Waals surface area contributed by atoms with Gasteiger partial charge in [-0.05, 0) is 31.7 Å². The van der Waals surface area contributed by atoms with Crippen LogP contribution in [0, 0.1) is 12.8 Å². The van der Waals surface area contributed by atoms with E-state index in [1.54, 1.807) is 0 Å². The van der Waals surface area contributed by atoms with E-state index in [4.69, 9.17) is 4.74 Å². The van der Waals surface area contributed by atoms with Crippen molar-refractivity contribution in [1.82, 2.24) is 10.2 Å². The second-order valence-corrected chi connectivity index (χ2v) is 6.08. The summed E-state index contributed by atoms with van der Waals surface area (Å²) in [4.78, 5) is 14.0. The molecule has 2 atom stereocenters. The normalized spacial score (nSPS) is 22.8. The van der Waals surface area contributed by atoms with Crippen molar-refractivity contribution in [3.63, 3.8) is 0 Å². The lowest BCUT2D eigenvalue weighted by Crippen LogP contribution is -2.50. The van der Waals surface area contributed by atoms with Gasteiger partial charge in [0.1, 0.15) is 0 Å². The third-order valence-corrected chi connectivity index (χ3v) is 3.86. The summed E-state index contributed by atoms with van der Waals surface area (Å²) in [6.45, 7) is 9.48. The highest BCUT2D eigenvalue weighted by atomic mass is 16.5. The molecule has 1 heterocycles. The van der Waals surface area contributed by atoms with E-state index < -0.39 is 0 Å². The third-order valence-electron chi connectivity index (χ3n) is 3.86. The summed E-state index contributed by atoms with van der Waals surface area (Å²) in [5.41, 5.74) is 2.61. The van der Waals surface area contributed by atoms with Crippen LogP contribution in [0.2, 0.25) is 0 Å². The van der Waals surface area contributed by atoms with Gasteiger partial charge >= 0.3 is 6.09 Å². The number of hydrogen-bond acceptors (Lipinski definition) is 3. The lowest BCUT2D eigenvalue weighted by molar-refractivity contribution is 0.118. The molecule has 0 spiro atoms. The third kappa shape index (κ3) is 5.05. The molecule has 1 aromatic rings. The first-order valence-corrected chi connectivity index (χ1v) is 7.78. The lowest BCUT2D eigenvalue weighted by atomic mass is 9.95. The van der Waals surface area contributed by atoms with Crippen LogP contribution in [0.15, 0.2) is 24.3 Å². The number of piperidine rings is 1. The van der Waals surface area contributed by atoms with Crippen LogP contribution in [-0.2, 0) is 11.3 Å². The molecule has 0 aromatic heterocycles. The molecule has 4 nitrogen and oxygen atoms in total. The number of carbonyl (C=O) groups is 1. The maximum Gasteiger partial charge on any atom is 0.407 e. The largest absolute Gasteiger partial charge is 0.450 e. The molecule has 1 aliphatic heterocycles. The van der Waals surface area contributed by atoms with Crippen molar-refractivity contribution in [2.24, 2.45) is 5.92 Å². The van der Waals surface area contributed by atoms with Crippen molar-refractivity contribution < 1.29 is 9.53 Å². The monoisotopic (exact) mass is 290 g/mol. The zero-order valence-corrected chi connectivity index (χ0v) is 13.3. The molecule has 1 aromatic carbocycles. The lowest BCUT2D eigenvalue weighted by Gasteiger charge is -2.36. The van der Waals surface area contributed by atoms with E-state index in [-0.39, 0.29) is 12.1 Å². The average Bonchev–Trinajstić information content (AvgIpc) is 2.41. The van der Waals surface area contributed by atoms with E-state index in [1.165, 1.54) is 11.1 Å². The molecule has 0 bridgehead atoms. The molecule has 1 amide bonds. The maximum absolute atomic E-state index is 11.6. The Hall–Kier alpha value is -1.55. The van der Waals surface area contributed by atoms with Gasteiger partial charge in [0, 0.05) is 25.7 Å². The number of amides is 1. The van der Waals surface area contributed by atoms with Crippen LogP contribution in [0.25, 0.3) is 0 Å². The van der Waals surface area contributed by atoms with E-state index in [0.717, 1.165) is 26.1 Å². The number of benzene rings is 1. The van der Waals surface area contributed by atoms with Gasteiger partial charge in [0.15, 0.2) is 0 Å². The highest BCUT2D eigenvalue weighted by Gasteiger charge is 2.26. The van der Waals surface area contributed by atoms with Gasteiger partial charge < -0.3 is 10.1 Å². The molecule has 2 rings (SSSR count).